The molecule has 4 rings (SSSR count). The molecule has 126 valence electrons. The molecule has 2 aromatic rings. The molecule has 0 bridgehead atoms. The number of nitrogens with zero attached hydrogens (tertiary/aromatic N) is 1. The maximum atomic E-state index is 6.43. The summed E-state index contributed by atoms with van der Waals surface area (Å²) in [7, 11) is 0. The number of rotatable bonds is 2. The molecule has 2 atom stereocenters. The number of ether oxygens (including phenoxy) is 1. The molecule has 2 heteroatoms. The molecular weight excluding hydrogens is 294 g/mol. The topological polar surface area (TPSA) is 12.5 Å². The van der Waals surface area contributed by atoms with Gasteiger partial charge in [0.2, 0.25) is 0 Å². The van der Waals surface area contributed by atoms with Crippen LogP contribution in [0.15, 0.2) is 48.5 Å². The van der Waals surface area contributed by atoms with Gasteiger partial charge in [-0.1, -0.05) is 54.1 Å². The van der Waals surface area contributed by atoms with E-state index < -0.39 is 0 Å². The van der Waals surface area contributed by atoms with Gasteiger partial charge in [-0.05, 0) is 49.8 Å². The van der Waals surface area contributed by atoms with E-state index in [1.807, 2.05) is 0 Å². The van der Waals surface area contributed by atoms with Crippen LogP contribution in [-0.4, -0.2) is 24.1 Å². The Morgan fingerprint density at radius 3 is 2.79 bits per heavy atom. The van der Waals surface area contributed by atoms with Crippen molar-refractivity contribution < 1.29 is 4.74 Å². The van der Waals surface area contributed by atoms with Gasteiger partial charge in [0.05, 0.1) is 12.2 Å². The average Bonchev–Trinajstić information content (AvgIpc) is 2.59. The van der Waals surface area contributed by atoms with E-state index in [1.54, 1.807) is 0 Å². The second-order valence-electron chi connectivity index (χ2n) is 7.51. The van der Waals surface area contributed by atoms with Crippen LogP contribution in [-0.2, 0) is 23.3 Å². The SMILES string of the molecule is Cc1ccc2c(c1)C1(CCN(Cc3ccccc3)C(C)C1)OCC2. The maximum absolute atomic E-state index is 6.43. The predicted molar refractivity (Wildman–Crippen MR) is 98.1 cm³/mol. The first kappa shape index (κ1) is 15.9. The summed E-state index contributed by atoms with van der Waals surface area (Å²) in [5.41, 5.74) is 5.64. The van der Waals surface area contributed by atoms with E-state index in [4.69, 9.17) is 4.74 Å². The number of piperidine rings is 1. The molecule has 0 amide bonds. The van der Waals surface area contributed by atoms with Crippen LogP contribution in [0.4, 0.5) is 0 Å². The van der Waals surface area contributed by atoms with Crippen molar-refractivity contribution in [1.82, 2.24) is 4.90 Å². The van der Waals surface area contributed by atoms with E-state index in [1.165, 1.54) is 22.3 Å². The summed E-state index contributed by atoms with van der Waals surface area (Å²) in [6, 6.07) is 18.3. The Balaban J connectivity index is 1.56. The van der Waals surface area contributed by atoms with E-state index in [2.05, 4.69) is 67.3 Å². The van der Waals surface area contributed by atoms with Gasteiger partial charge in [0, 0.05) is 19.1 Å². The molecule has 2 aliphatic heterocycles. The fourth-order valence-corrected chi connectivity index (χ4v) is 4.45. The predicted octanol–water partition coefficient (Wildman–Crippen LogP) is 4.45. The fraction of sp³-hybridized carbons (Fsp3) is 0.455. The van der Waals surface area contributed by atoms with Crippen molar-refractivity contribution in [2.24, 2.45) is 0 Å². The molecule has 0 aliphatic carbocycles. The normalized spacial score (nSPS) is 27.2. The van der Waals surface area contributed by atoms with Gasteiger partial charge in [0.15, 0.2) is 0 Å². The summed E-state index contributed by atoms with van der Waals surface area (Å²) in [6.45, 7) is 7.55. The van der Waals surface area contributed by atoms with Crippen molar-refractivity contribution in [3.05, 3.63) is 70.8 Å². The largest absolute Gasteiger partial charge is 0.370 e. The van der Waals surface area contributed by atoms with Crippen LogP contribution < -0.4 is 0 Å². The standard InChI is InChI=1S/C22H27NO/c1-17-8-9-20-10-13-24-22(21(20)14-17)11-12-23(18(2)15-22)16-19-6-4-3-5-7-19/h3-9,14,18H,10-13,15-16H2,1-2H3. The number of hydrogen-bond acceptors (Lipinski definition) is 2. The van der Waals surface area contributed by atoms with Crippen LogP contribution >= 0.6 is 0 Å². The van der Waals surface area contributed by atoms with Crippen LogP contribution in [0.25, 0.3) is 0 Å². The monoisotopic (exact) mass is 321 g/mol. The summed E-state index contributed by atoms with van der Waals surface area (Å²) in [4.78, 5) is 2.61. The van der Waals surface area contributed by atoms with Crippen molar-refractivity contribution in [2.75, 3.05) is 13.2 Å². The van der Waals surface area contributed by atoms with E-state index in [0.29, 0.717) is 6.04 Å². The molecule has 1 spiro atoms. The molecule has 0 radical (unpaired) electrons. The first-order chi connectivity index (χ1) is 11.7. The Bertz CT molecular complexity index is 711. The Morgan fingerprint density at radius 1 is 1.17 bits per heavy atom. The van der Waals surface area contributed by atoms with E-state index in [-0.39, 0.29) is 5.60 Å². The number of benzene rings is 2. The number of hydrogen-bond donors (Lipinski definition) is 0. The highest BCUT2D eigenvalue weighted by Crippen LogP contribution is 2.44. The summed E-state index contributed by atoms with van der Waals surface area (Å²) in [5.74, 6) is 0. The van der Waals surface area contributed by atoms with Crippen LogP contribution in [0.3, 0.4) is 0 Å². The molecule has 0 aromatic heterocycles. The van der Waals surface area contributed by atoms with Crippen LogP contribution in [0, 0.1) is 6.92 Å². The van der Waals surface area contributed by atoms with Gasteiger partial charge in [0.1, 0.15) is 0 Å². The molecule has 0 N–H and O–H groups in total. The Morgan fingerprint density at radius 2 is 2.00 bits per heavy atom. The van der Waals surface area contributed by atoms with E-state index in [0.717, 1.165) is 39.0 Å². The second kappa shape index (κ2) is 6.34. The molecule has 2 nitrogen and oxygen atoms in total. The van der Waals surface area contributed by atoms with Crippen molar-refractivity contribution in [1.29, 1.82) is 0 Å². The van der Waals surface area contributed by atoms with E-state index >= 15 is 0 Å². The molecule has 2 aliphatic rings. The van der Waals surface area contributed by atoms with Crippen LogP contribution in [0.2, 0.25) is 0 Å². The third-order valence-corrected chi connectivity index (χ3v) is 5.79. The number of aryl methyl sites for hydroxylation is 1. The van der Waals surface area contributed by atoms with Gasteiger partial charge in [-0.2, -0.15) is 0 Å². The lowest BCUT2D eigenvalue weighted by molar-refractivity contribution is -0.113. The zero-order valence-corrected chi connectivity index (χ0v) is 14.8. The minimum absolute atomic E-state index is 0.0633. The molecule has 24 heavy (non-hydrogen) atoms. The third-order valence-electron chi connectivity index (χ3n) is 5.79. The average molecular weight is 321 g/mol. The highest BCUT2D eigenvalue weighted by Gasteiger charge is 2.43. The molecule has 0 saturated carbocycles. The first-order valence-corrected chi connectivity index (χ1v) is 9.18. The summed E-state index contributed by atoms with van der Waals surface area (Å²) >= 11 is 0. The minimum atomic E-state index is -0.0633. The van der Waals surface area contributed by atoms with Crippen LogP contribution in [0.1, 0.15) is 42.0 Å². The molecule has 1 fully saturated rings. The third kappa shape index (κ3) is 2.89. The molecule has 1 saturated heterocycles. The van der Waals surface area contributed by atoms with Crippen molar-refractivity contribution >= 4 is 0 Å². The fourth-order valence-electron chi connectivity index (χ4n) is 4.45. The summed E-state index contributed by atoms with van der Waals surface area (Å²) in [5, 5.41) is 0. The van der Waals surface area contributed by atoms with Crippen molar-refractivity contribution in [3.8, 4) is 0 Å². The zero-order chi connectivity index (χ0) is 16.6. The van der Waals surface area contributed by atoms with Gasteiger partial charge in [-0.25, -0.2) is 0 Å². The Kier molecular flexibility index (Phi) is 4.19. The lowest BCUT2D eigenvalue weighted by Gasteiger charge is -2.48. The van der Waals surface area contributed by atoms with Crippen molar-refractivity contribution in [3.63, 3.8) is 0 Å². The molecular formula is C22H27NO. The maximum Gasteiger partial charge on any atom is 0.0961 e. The van der Waals surface area contributed by atoms with Gasteiger partial charge >= 0.3 is 0 Å². The molecule has 2 heterocycles. The highest BCUT2D eigenvalue weighted by atomic mass is 16.5. The molecule has 2 unspecified atom stereocenters. The lowest BCUT2D eigenvalue weighted by atomic mass is 9.76. The first-order valence-electron chi connectivity index (χ1n) is 9.18. The quantitative estimate of drug-likeness (QED) is 0.810. The van der Waals surface area contributed by atoms with Gasteiger partial charge in [-0.15, -0.1) is 0 Å². The van der Waals surface area contributed by atoms with Crippen LogP contribution in [0.5, 0.6) is 0 Å². The Labute approximate surface area is 145 Å². The van der Waals surface area contributed by atoms with E-state index in [9.17, 15) is 0 Å². The summed E-state index contributed by atoms with van der Waals surface area (Å²) in [6.07, 6.45) is 3.25. The Hall–Kier alpha value is -1.64. The number of fused-ring (bicyclic) bond motifs is 2. The van der Waals surface area contributed by atoms with Crippen molar-refractivity contribution in [2.45, 2.75) is 51.3 Å². The zero-order valence-electron chi connectivity index (χ0n) is 14.8. The minimum Gasteiger partial charge on any atom is -0.370 e. The lowest BCUT2D eigenvalue weighted by Crippen LogP contribution is -2.50. The summed E-state index contributed by atoms with van der Waals surface area (Å²) < 4.78 is 6.43. The van der Waals surface area contributed by atoms with Gasteiger partial charge < -0.3 is 4.74 Å². The molecule has 2 aromatic carbocycles. The van der Waals surface area contributed by atoms with Gasteiger partial charge in [-0.3, -0.25) is 4.90 Å². The smallest absolute Gasteiger partial charge is 0.0961 e. The van der Waals surface area contributed by atoms with Gasteiger partial charge in [0.25, 0.3) is 0 Å². The number of likely N-dealkylation sites (tertiary alicyclic amines) is 1. The highest BCUT2D eigenvalue weighted by molar-refractivity contribution is 5.38. The second-order valence-corrected chi connectivity index (χ2v) is 7.51.